The van der Waals surface area contributed by atoms with E-state index in [1.54, 1.807) is 18.6 Å². The Labute approximate surface area is 159 Å². The van der Waals surface area contributed by atoms with E-state index in [1.165, 1.54) is 11.3 Å². The number of carbonyl (C=O) groups excluding carboxylic acids is 1. The minimum absolute atomic E-state index is 0.199. The summed E-state index contributed by atoms with van der Waals surface area (Å²) in [5, 5.41) is 4.15. The molecule has 3 aromatic rings. The molecular weight excluding hydrogens is 372 g/mol. The second-order valence-corrected chi connectivity index (χ2v) is 6.75. The van der Waals surface area contributed by atoms with Crippen LogP contribution in [0.3, 0.4) is 0 Å². The molecule has 0 atom stereocenters. The number of amides is 1. The lowest BCUT2D eigenvalue weighted by atomic mass is 10.2. The van der Waals surface area contributed by atoms with Crippen molar-refractivity contribution in [3.63, 3.8) is 0 Å². The second kappa shape index (κ2) is 8.18. The highest BCUT2D eigenvalue weighted by Crippen LogP contribution is 2.29. The van der Waals surface area contributed by atoms with Gasteiger partial charge in [-0.3, -0.25) is 4.79 Å². The SMILES string of the molecule is COc1cc(C)ccc1OCc1csc(C(=O)Nc2cc(F)ccc2F)c1. The number of anilines is 1. The summed E-state index contributed by atoms with van der Waals surface area (Å²) in [5.41, 5.74) is 1.64. The van der Waals surface area contributed by atoms with Crippen molar-refractivity contribution in [3.8, 4) is 11.5 Å². The van der Waals surface area contributed by atoms with Crippen LogP contribution in [-0.4, -0.2) is 13.0 Å². The molecule has 1 aromatic heterocycles. The fourth-order valence-electron chi connectivity index (χ4n) is 2.40. The van der Waals surface area contributed by atoms with Gasteiger partial charge in [0, 0.05) is 11.6 Å². The molecule has 0 saturated carbocycles. The average molecular weight is 389 g/mol. The van der Waals surface area contributed by atoms with Gasteiger partial charge >= 0.3 is 0 Å². The van der Waals surface area contributed by atoms with E-state index in [0.717, 1.165) is 29.3 Å². The van der Waals surface area contributed by atoms with Crippen LogP contribution in [0.15, 0.2) is 47.8 Å². The molecule has 4 nitrogen and oxygen atoms in total. The molecule has 0 aliphatic rings. The number of thiophene rings is 1. The maximum absolute atomic E-state index is 13.6. The van der Waals surface area contributed by atoms with E-state index in [-0.39, 0.29) is 12.3 Å². The summed E-state index contributed by atoms with van der Waals surface area (Å²) in [6, 6.07) is 10.2. The molecule has 0 aliphatic carbocycles. The number of halogens is 2. The number of carbonyl (C=O) groups is 1. The molecule has 0 aliphatic heterocycles. The molecule has 0 unspecified atom stereocenters. The molecule has 0 saturated heterocycles. The van der Waals surface area contributed by atoms with Crippen LogP contribution in [-0.2, 0) is 6.61 Å². The first kappa shape index (κ1) is 18.8. The molecule has 1 amide bonds. The van der Waals surface area contributed by atoms with Gasteiger partial charge in [0.1, 0.15) is 18.2 Å². The summed E-state index contributed by atoms with van der Waals surface area (Å²) in [5.74, 6) is -0.606. The fourth-order valence-corrected chi connectivity index (χ4v) is 3.19. The maximum Gasteiger partial charge on any atom is 0.265 e. The quantitative estimate of drug-likeness (QED) is 0.632. The van der Waals surface area contributed by atoms with Gasteiger partial charge in [0.15, 0.2) is 11.5 Å². The molecule has 7 heteroatoms. The van der Waals surface area contributed by atoms with Crippen molar-refractivity contribution in [2.45, 2.75) is 13.5 Å². The van der Waals surface area contributed by atoms with E-state index in [4.69, 9.17) is 9.47 Å². The number of aryl methyl sites for hydroxylation is 1. The van der Waals surface area contributed by atoms with Crippen molar-refractivity contribution in [2.24, 2.45) is 0 Å². The zero-order valence-corrected chi connectivity index (χ0v) is 15.5. The van der Waals surface area contributed by atoms with Crippen LogP contribution in [0.25, 0.3) is 0 Å². The van der Waals surface area contributed by atoms with Gasteiger partial charge in [-0.05, 0) is 48.2 Å². The molecular formula is C20H17F2NO3S. The first-order chi connectivity index (χ1) is 13.0. The highest BCUT2D eigenvalue weighted by atomic mass is 32.1. The smallest absolute Gasteiger partial charge is 0.265 e. The van der Waals surface area contributed by atoms with Gasteiger partial charge in [-0.25, -0.2) is 8.78 Å². The van der Waals surface area contributed by atoms with Gasteiger partial charge in [0.05, 0.1) is 17.7 Å². The van der Waals surface area contributed by atoms with Crippen LogP contribution in [0.2, 0.25) is 0 Å². The maximum atomic E-state index is 13.6. The molecule has 0 radical (unpaired) electrons. The molecule has 3 rings (SSSR count). The molecule has 140 valence electrons. The van der Waals surface area contributed by atoms with Crippen molar-refractivity contribution in [1.82, 2.24) is 0 Å². The van der Waals surface area contributed by atoms with E-state index in [1.807, 2.05) is 25.1 Å². The van der Waals surface area contributed by atoms with Gasteiger partial charge in [0.2, 0.25) is 0 Å². The third-order valence-electron chi connectivity index (χ3n) is 3.77. The Morgan fingerprint density at radius 2 is 1.93 bits per heavy atom. The van der Waals surface area contributed by atoms with Crippen molar-refractivity contribution >= 4 is 22.9 Å². The minimum Gasteiger partial charge on any atom is -0.493 e. The standard InChI is InChI=1S/C20H17F2NO3S/c1-12-3-6-17(18(7-12)25-2)26-10-13-8-19(27-11-13)20(24)23-16-9-14(21)4-5-15(16)22/h3-9,11H,10H2,1-2H3,(H,23,24). The number of hydrogen-bond donors (Lipinski definition) is 1. The average Bonchev–Trinajstić information content (AvgIpc) is 3.12. The van der Waals surface area contributed by atoms with E-state index in [2.05, 4.69) is 5.32 Å². The summed E-state index contributed by atoms with van der Waals surface area (Å²) in [6.07, 6.45) is 0. The summed E-state index contributed by atoms with van der Waals surface area (Å²) < 4.78 is 37.9. The third-order valence-corrected chi connectivity index (χ3v) is 4.75. The summed E-state index contributed by atoms with van der Waals surface area (Å²) >= 11 is 1.20. The molecule has 0 fully saturated rings. The first-order valence-corrected chi connectivity index (χ1v) is 8.95. The van der Waals surface area contributed by atoms with Gasteiger partial charge in [0.25, 0.3) is 5.91 Å². The molecule has 1 N–H and O–H groups in total. The lowest BCUT2D eigenvalue weighted by molar-refractivity contribution is 0.103. The lowest BCUT2D eigenvalue weighted by Gasteiger charge is -2.10. The molecule has 1 heterocycles. The van der Waals surface area contributed by atoms with Crippen molar-refractivity contribution < 1.29 is 23.0 Å². The number of rotatable bonds is 6. The lowest BCUT2D eigenvalue weighted by Crippen LogP contribution is -2.11. The van der Waals surface area contributed by atoms with Crippen molar-refractivity contribution in [3.05, 3.63) is 75.5 Å². The van der Waals surface area contributed by atoms with Crippen LogP contribution in [0.5, 0.6) is 11.5 Å². The molecule has 0 spiro atoms. The van der Waals surface area contributed by atoms with Gasteiger partial charge in [-0.1, -0.05) is 6.07 Å². The minimum atomic E-state index is -0.698. The first-order valence-electron chi connectivity index (χ1n) is 8.07. The van der Waals surface area contributed by atoms with E-state index in [0.29, 0.717) is 16.4 Å². The van der Waals surface area contributed by atoms with Crippen LogP contribution in [0, 0.1) is 18.6 Å². The van der Waals surface area contributed by atoms with Gasteiger partial charge < -0.3 is 14.8 Å². The number of ether oxygens (including phenoxy) is 2. The highest BCUT2D eigenvalue weighted by Gasteiger charge is 2.13. The Balaban J connectivity index is 1.66. The molecule has 2 aromatic carbocycles. The van der Waals surface area contributed by atoms with Crippen LogP contribution >= 0.6 is 11.3 Å². The largest absolute Gasteiger partial charge is 0.493 e. The second-order valence-electron chi connectivity index (χ2n) is 5.84. The number of methoxy groups -OCH3 is 1. The van der Waals surface area contributed by atoms with Crippen molar-refractivity contribution in [2.75, 3.05) is 12.4 Å². The van der Waals surface area contributed by atoms with Crippen LogP contribution in [0.4, 0.5) is 14.5 Å². The Morgan fingerprint density at radius 1 is 1.11 bits per heavy atom. The predicted octanol–water partition coefficient (Wildman–Crippen LogP) is 5.17. The molecule has 27 heavy (non-hydrogen) atoms. The van der Waals surface area contributed by atoms with Crippen molar-refractivity contribution in [1.29, 1.82) is 0 Å². The van der Waals surface area contributed by atoms with E-state index >= 15 is 0 Å². The van der Waals surface area contributed by atoms with E-state index < -0.39 is 17.5 Å². The zero-order chi connectivity index (χ0) is 19.4. The third kappa shape index (κ3) is 4.62. The number of nitrogens with one attached hydrogen (secondary N) is 1. The fraction of sp³-hybridized carbons (Fsp3) is 0.150. The van der Waals surface area contributed by atoms with Crippen LogP contribution in [0.1, 0.15) is 20.8 Å². The number of hydrogen-bond acceptors (Lipinski definition) is 4. The summed E-state index contributed by atoms with van der Waals surface area (Å²) in [6.45, 7) is 2.20. The highest BCUT2D eigenvalue weighted by molar-refractivity contribution is 7.12. The Morgan fingerprint density at radius 3 is 2.70 bits per heavy atom. The Kier molecular flexibility index (Phi) is 5.71. The van der Waals surface area contributed by atoms with Gasteiger partial charge in [-0.15, -0.1) is 11.3 Å². The monoisotopic (exact) mass is 389 g/mol. The van der Waals surface area contributed by atoms with E-state index in [9.17, 15) is 13.6 Å². The van der Waals surface area contributed by atoms with Crippen LogP contribution < -0.4 is 14.8 Å². The summed E-state index contributed by atoms with van der Waals surface area (Å²) in [4.78, 5) is 12.6. The number of benzene rings is 2. The zero-order valence-electron chi connectivity index (χ0n) is 14.7. The topological polar surface area (TPSA) is 47.6 Å². The predicted molar refractivity (Wildman–Crippen MR) is 101 cm³/mol. The Bertz CT molecular complexity index is 972. The molecule has 0 bridgehead atoms. The summed E-state index contributed by atoms with van der Waals surface area (Å²) in [7, 11) is 1.57. The Hall–Kier alpha value is -2.93. The van der Waals surface area contributed by atoms with Gasteiger partial charge in [-0.2, -0.15) is 0 Å². The normalized spacial score (nSPS) is 10.5.